The van der Waals surface area contributed by atoms with Crippen molar-refractivity contribution >= 4 is 28.4 Å². The van der Waals surface area contributed by atoms with Gasteiger partial charge < -0.3 is 15.0 Å². The number of carbonyl (C=O) groups excluding carboxylic acids is 1. The molecule has 1 aromatic heterocycles. The first-order chi connectivity index (χ1) is 12.1. The van der Waals surface area contributed by atoms with Crippen LogP contribution in [0.3, 0.4) is 0 Å². The molecule has 134 valence electrons. The molecule has 1 aliphatic rings. The minimum Gasteiger partial charge on any atom is -0.495 e. The van der Waals surface area contributed by atoms with Crippen LogP contribution in [0.25, 0.3) is 10.9 Å². The fourth-order valence-corrected chi connectivity index (χ4v) is 3.67. The van der Waals surface area contributed by atoms with E-state index in [-0.39, 0.29) is 17.4 Å². The van der Waals surface area contributed by atoms with Crippen molar-refractivity contribution < 1.29 is 9.53 Å². The molecule has 1 fully saturated rings. The van der Waals surface area contributed by atoms with Crippen LogP contribution in [0.15, 0.2) is 23.0 Å². The number of nitrogens with one attached hydrogen (secondary N) is 2. The highest BCUT2D eigenvalue weighted by molar-refractivity contribution is 6.32. The van der Waals surface area contributed by atoms with Crippen molar-refractivity contribution in [3.63, 3.8) is 0 Å². The molecule has 0 radical (unpaired) electrons. The Morgan fingerprint density at radius 3 is 2.76 bits per heavy atom. The number of amides is 1. The van der Waals surface area contributed by atoms with E-state index < -0.39 is 0 Å². The van der Waals surface area contributed by atoms with E-state index in [0.717, 1.165) is 31.1 Å². The minimum atomic E-state index is -0.152. The Morgan fingerprint density at radius 2 is 2.04 bits per heavy atom. The lowest BCUT2D eigenvalue weighted by Gasteiger charge is -2.20. The molecular weight excluding hydrogens is 340 g/mol. The molecule has 1 heterocycles. The van der Waals surface area contributed by atoms with Crippen LogP contribution in [0.2, 0.25) is 5.02 Å². The minimum absolute atomic E-state index is 0.116. The van der Waals surface area contributed by atoms with Crippen molar-refractivity contribution in [2.45, 2.75) is 38.5 Å². The predicted octanol–water partition coefficient (Wildman–Crippen LogP) is 3.43. The standard InChI is InChI=1S/C19H23ClN2O3/c1-25-17-10-14-9-13(19(24)22-16(14)11-15(17)20)7-8-21-18(23)12-5-3-2-4-6-12/h9-12H,2-8H2,1H3,(H,21,23)(H,22,24). The van der Waals surface area contributed by atoms with E-state index in [1.165, 1.54) is 6.42 Å². The van der Waals surface area contributed by atoms with Gasteiger partial charge in [0.1, 0.15) is 5.75 Å². The molecule has 0 atom stereocenters. The molecule has 1 aromatic carbocycles. The van der Waals surface area contributed by atoms with Gasteiger partial charge in [0.15, 0.2) is 0 Å². The van der Waals surface area contributed by atoms with Crippen molar-refractivity contribution in [3.05, 3.63) is 39.1 Å². The zero-order chi connectivity index (χ0) is 17.8. The number of aromatic nitrogens is 1. The van der Waals surface area contributed by atoms with Gasteiger partial charge in [-0.05, 0) is 37.5 Å². The number of fused-ring (bicyclic) bond motifs is 1. The summed E-state index contributed by atoms with van der Waals surface area (Å²) in [6, 6.07) is 5.32. The van der Waals surface area contributed by atoms with Crippen molar-refractivity contribution in [1.82, 2.24) is 10.3 Å². The summed E-state index contributed by atoms with van der Waals surface area (Å²) in [5.41, 5.74) is 1.16. The Morgan fingerprint density at radius 1 is 1.28 bits per heavy atom. The number of pyridine rings is 1. The third-order valence-electron chi connectivity index (χ3n) is 4.86. The second-order valence-electron chi connectivity index (χ2n) is 6.57. The van der Waals surface area contributed by atoms with Gasteiger partial charge in [-0.15, -0.1) is 0 Å². The number of halogens is 1. The second-order valence-corrected chi connectivity index (χ2v) is 6.98. The molecule has 0 unspecified atom stereocenters. The molecule has 0 spiro atoms. The van der Waals surface area contributed by atoms with Gasteiger partial charge in [0, 0.05) is 23.4 Å². The van der Waals surface area contributed by atoms with Crippen molar-refractivity contribution in [2.24, 2.45) is 5.92 Å². The van der Waals surface area contributed by atoms with Crippen molar-refractivity contribution in [2.75, 3.05) is 13.7 Å². The Balaban J connectivity index is 1.68. The molecule has 0 aliphatic heterocycles. The topological polar surface area (TPSA) is 71.2 Å². The van der Waals surface area contributed by atoms with Crippen LogP contribution in [-0.2, 0) is 11.2 Å². The van der Waals surface area contributed by atoms with Crippen LogP contribution in [0, 0.1) is 5.92 Å². The summed E-state index contributed by atoms with van der Waals surface area (Å²) < 4.78 is 5.22. The normalized spacial score (nSPS) is 15.3. The summed E-state index contributed by atoms with van der Waals surface area (Å²) >= 11 is 6.09. The van der Waals surface area contributed by atoms with Gasteiger partial charge in [0.05, 0.1) is 17.6 Å². The quantitative estimate of drug-likeness (QED) is 0.856. The summed E-state index contributed by atoms with van der Waals surface area (Å²) in [6.07, 6.45) is 5.93. The zero-order valence-corrected chi connectivity index (χ0v) is 15.1. The maximum Gasteiger partial charge on any atom is 0.251 e. The van der Waals surface area contributed by atoms with Crippen LogP contribution in [0.1, 0.15) is 37.7 Å². The smallest absolute Gasteiger partial charge is 0.251 e. The molecular formula is C19H23ClN2O3. The molecule has 0 bridgehead atoms. The van der Waals surface area contributed by atoms with Gasteiger partial charge >= 0.3 is 0 Å². The Kier molecular flexibility index (Phi) is 5.63. The van der Waals surface area contributed by atoms with E-state index in [0.29, 0.717) is 34.8 Å². The van der Waals surface area contributed by atoms with Crippen LogP contribution in [0.4, 0.5) is 0 Å². The third kappa shape index (κ3) is 4.15. The molecule has 5 nitrogen and oxygen atoms in total. The Hall–Kier alpha value is -2.01. The predicted molar refractivity (Wildman–Crippen MR) is 99.4 cm³/mol. The highest BCUT2D eigenvalue weighted by Gasteiger charge is 2.20. The van der Waals surface area contributed by atoms with Gasteiger partial charge in [-0.2, -0.15) is 0 Å². The fourth-order valence-electron chi connectivity index (χ4n) is 3.42. The van der Waals surface area contributed by atoms with Gasteiger partial charge in [0.2, 0.25) is 5.91 Å². The SMILES string of the molecule is COc1cc2cc(CCNC(=O)C3CCCCC3)c(=O)[nH]c2cc1Cl. The number of methoxy groups -OCH3 is 1. The van der Waals surface area contributed by atoms with Crippen LogP contribution < -0.4 is 15.6 Å². The first-order valence-corrected chi connectivity index (χ1v) is 9.13. The number of H-pyrrole nitrogens is 1. The number of aromatic amines is 1. The van der Waals surface area contributed by atoms with Crippen LogP contribution >= 0.6 is 11.6 Å². The molecule has 0 saturated heterocycles. The maximum absolute atomic E-state index is 12.2. The van der Waals surface area contributed by atoms with E-state index in [1.54, 1.807) is 19.2 Å². The number of carbonyl (C=O) groups is 1. The summed E-state index contributed by atoms with van der Waals surface area (Å²) in [7, 11) is 1.56. The summed E-state index contributed by atoms with van der Waals surface area (Å²) in [6.45, 7) is 0.467. The van der Waals surface area contributed by atoms with Gasteiger partial charge in [-0.1, -0.05) is 30.9 Å². The average Bonchev–Trinajstić information content (AvgIpc) is 2.62. The lowest BCUT2D eigenvalue weighted by molar-refractivity contribution is -0.125. The van der Waals surface area contributed by atoms with Crippen LogP contribution in [0.5, 0.6) is 5.75 Å². The van der Waals surface area contributed by atoms with Gasteiger partial charge in [0.25, 0.3) is 5.56 Å². The molecule has 2 N–H and O–H groups in total. The number of rotatable bonds is 5. The largest absolute Gasteiger partial charge is 0.495 e. The van der Waals surface area contributed by atoms with E-state index in [4.69, 9.17) is 16.3 Å². The zero-order valence-electron chi connectivity index (χ0n) is 14.4. The summed E-state index contributed by atoms with van der Waals surface area (Å²) in [5, 5.41) is 4.28. The monoisotopic (exact) mass is 362 g/mol. The van der Waals surface area contributed by atoms with E-state index in [9.17, 15) is 9.59 Å². The molecule has 1 amide bonds. The van der Waals surface area contributed by atoms with Crippen LogP contribution in [-0.4, -0.2) is 24.5 Å². The lowest BCUT2D eigenvalue weighted by atomic mass is 9.88. The van der Waals surface area contributed by atoms with Gasteiger partial charge in [-0.25, -0.2) is 0 Å². The fraction of sp³-hybridized carbons (Fsp3) is 0.474. The number of benzene rings is 1. The van der Waals surface area contributed by atoms with E-state index in [2.05, 4.69) is 10.3 Å². The molecule has 25 heavy (non-hydrogen) atoms. The third-order valence-corrected chi connectivity index (χ3v) is 5.16. The second kappa shape index (κ2) is 7.91. The number of ether oxygens (including phenoxy) is 1. The maximum atomic E-state index is 12.2. The van der Waals surface area contributed by atoms with E-state index in [1.807, 2.05) is 6.07 Å². The van der Waals surface area contributed by atoms with Crippen molar-refractivity contribution in [1.29, 1.82) is 0 Å². The summed E-state index contributed by atoms with van der Waals surface area (Å²) in [5.74, 6) is 0.818. The molecule has 1 saturated carbocycles. The summed E-state index contributed by atoms with van der Waals surface area (Å²) in [4.78, 5) is 27.3. The molecule has 6 heteroatoms. The first kappa shape index (κ1) is 17.8. The molecule has 1 aliphatic carbocycles. The average molecular weight is 363 g/mol. The van der Waals surface area contributed by atoms with Crippen molar-refractivity contribution in [3.8, 4) is 5.75 Å². The highest BCUT2D eigenvalue weighted by atomic mass is 35.5. The molecule has 3 rings (SSSR count). The van der Waals surface area contributed by atoms with Gasteiger partial charge in [-0.3, -0.25) is 9.59 Å². The highest BCUT2D eigenvalue weighted by Crippen LogP contribution is 2.28. The Bertz CT molecular complexity index is 825. The van der Waals surface area contributed by atoms with E-state index >= 15 is 0 Å². The lowest BCUT2D eigenvalue weighted by Crippen LogP contribution is -2.33. The first-order valence-electron chi connectivity index (χ1n) is 8.75. The number of hydrogen-bond donors (Lipinski definition) is 2. The Labute approximate surface area is 151 Å². The number of hydrogen-bond acceptors (Lipinski definition) is 3. The molecule has 2 aromatic rings.